The topological polar surface area (TPSA) is 81.7 Å². The molecule has 0 radical (unpaired) electrons. The maximum atomic E-state index is 12.6. The second kappa shape index (κ2) is 7.39. The zero-order valence-corrected chi connectivity index (χ0v) is 14.5. The van der Waals surface area contributed by atoms with Crippen LogP contribution in [0.5, 0.6) is 0 Å². The lowest BCUT2D eigenvalue weighted by Gasteiger charge is -2.11. The normalized spacial score (nSPS) is 17.9. The van der Waals surface area contributed by atoms with Crippen molar-refractivity contribution in [2.45, 2.75) is 12.3 Å². The van der Waals surface area contributed by atoms with E-state index in [1.807, 2.05) is 30.3 Å². The number of carbonyl (C=O) groups is 3. The van der Waals surface area contributed by atoms with Crippen molar-refractivity contribution in [2.75, 3.05) is 19.5 Å². The molecule has 0 heterocycles. The van der Waals surface area contributed by atoms with Gasteiger partial charge in [0, 0.05) is 5.92 Å². The first-order valence-electron chi connectivity index (χ1n) is 8.21. The van der Waals surface area contributed by atoms with Gasteiger partial charge in [-0.15, -0.1) is 0 Å². The van der Waals surface area contributed by atoms with Crippen LogP contribution in [-0.2, 0) is 14.3 Å². The molecule has 26 heavy (non-hydrogen) atoms. The fourth-order valence-corrected chi connectivity index (χ4v) is 2.96. The highest BCUT2D eigenvalue weighted by Gasteiger charge is 2.44. The van der Waals surface area contributed by atoms with Gasteiger partial charge in [0.15, 0.2) is 0 Å². The number of methoxy groups -OCH3 is 2. The standard InChI is InChI=1S/C20H19NO5/c1-25-19(23)13-8-9-14(20(24)26-2)17(10-13)21-18(22)16-11-15(16)12-6-4-3-5-7-12/h3-10,15-16H,11H2,1-2H3,(H,21,22)/t15-,16-/m0/s1. The van der Waals surface area contributed by atoms with Crippen LogP contribution in [-0.4, -0.2) is 32.1 Å². The van der Waals surface area contributed by atoms with Crippen molar-refractivity contribution in [1.29, 1.82) is 0 Å². The van der Waals surface area contributed by atoms with Crippen molar-refractivity contribution in [2.24, 2.45) is 5.92 Å². The largest absolute Gasteiger partial charge is 0.465 e. The highest BCUT2D eigenvalue weighted by molar-refractivity contribution is 6.04. The molecular formula is C20H19NO5. The van der Waals surface area contributed by atoms with Gasteiger partial charge in [0.2, 0.25) is 5.91 Å². The number of anilines is 1. The average Bonchev–Trinajstić information content (AvgIpc) is 3.48. The van der Waals surface area contributed by atoms with Crippen molar-refractivity contribution in [3.8, 4) is 0 Å². The van der Waals surface area contributed by atoms with E-state index in [-0.39, 0.29) is 34.6 Å². The van der Waals surface area contributed by atoms with Crippen molar-refractivity contribution >= 4 is 23.5 Å². The maximum absolute atomic E-state index is 12.6. The SMILES string of the molecule is COC(=O)c1ccc(C(=O)OC)c(NC(=O)[C@H]2C[C@H]2c2ccccc2)c1. The molecule has 134 valence electrons. The van der Waals surface area contributed by atoms with Crippen molar-refractivity contribution in [3.63, 3.8) is 0 Å². The summed E-state index contributed by atoms with van der Waals surface area (Å²) in [6.45, 7) is 0. The Balaban J connectivity index is 1.80. The molecule has 0 saturated heterocycles. The third kappa shape index (κ3) is 3.59. The molecule has 3 rings (SSSR count). The lowest BCUT2D eigenvalue weighted by molar-refractivity contribution is -0.117. The zero-order valence-electron chi connectivity index (χ0n) is 14.5. The van der Waals surface area contributed by atoms with E-state index < -0.39 is 11.9 Å². The molecule has 1 amide bonds. The van der Waals surface area contributed by atoms with Crippen LogP contribution in [0.15, 0.2) is 48.5 Å². The van der Waals surface area contributed by atoms with Gasteiger partial charge in [-0.05, 0) is 36.1 Å². The Hall–Kier alpha value is -3.15. The molecule has 2 aromatic rings. The summed E-state index contributed by atoms with van der Waals surface area (Å²) in [6.07, 6.45) is 0.750. The molecule has 1 fully saturated rings. The molecule has 0 aliphatic heterocycles. The molecule has 2 aromatic carbocycles. The molecule has 0 unspecified atom stereocenters. The fourth-order valence-electron chi connectivity index (χ4n) is 2.96. The molecule has 0 aromatic heterocycles. The number of carbonyl (C=O) groups excluding carboxylic acids is 3. The first-order chi connectivity index (χ1) is 12.5. The predicted molar refractivity (Wildman–Crippen MR) is 95.0 cm³/mol. The molecule has 1 N–H and O–H groups in total. The third-order valence-electron chi connectivity index (χ3n) is 4.46. The third-order valence-corrected chi connectivity index (χ3v) is 4.46. The molecule has 1 saturated carbocycles. The van der Waals surface area contributed by atoms with Gasteiger partial charge in [0.05, 0.1) is 31.0 Å². The lowest BCUT2D eigenvalue weighted by Crippen LogP contribution is -2.18. The second-order valence-electron chi connectivity index (χ2n) is 6.09. The van der Waals surface area contributed by atoms with Crippen molar-refractivity contribution < 1.29 is 23.9 Å². The molecular weight excluding hydrogens is 334 g/mol. The van der Waals surface area contributed by atoms with Gasteiger partial charge in [0.1, 0.15) is 0 Å². The molecule has 2 atom stereocenters. The number of benzene rings is 2. The van der Waals surface area contributed by atoms with E-state index in [4.69, 9.17) is 4.74 Å². The minimum absolute atomic E-state index is 0.162. The van der Waals surface area contributed by atoms with E-state index in [9.17, 15) is 14.4 Å². The predicted octanol–water partition coefficient (Wildman–Crippen LogP) is 3.00. The fraction of sp³-hybridized carbons (Fsp3) is 0.250. The summed E-state index contributed by atoms with van der Waals surface area (Å²) in [6, 6.07) is 14.1. The molecule has 6 heteroatoms. The van der Waals surface area contributed by atoms with E-state index in [1.165, 1.54) is 32.4 Å². The number of amides is 1. The van der Waals surface area contributed by atoms with Gasteiger partial charge < -0.3 is 14.8 Å². The summed E-state index contributed by atoms with van der Waals surface area (Å²) in [5.74, 6) is -1.32. The van der Waals surface area contributed by atoms with Crippen LogP contribution in [0.3, 0.4) is 0 Å². The summed E-state index contributed by atoms with van der Waals surface area (Å²) >= 11 is 0. The number of esters is 2. The number of hydrogen-bond donors (Lipinski definition) is 1. The summed E-state index contributed by atoms with van der Waals surface area (Å²) in [5, 5.41) is 2.76. The van der Waals surface area contributed by atoms with E-state index in [0.29, 0.717) is 0 Å². The van der Waals surface area contributed by atoms with Gasteiger partial charge in [-0.2, -0.15) is 0 Å². The van der Waals surface area contributed by atoms with Gasteiger partial charge in [-0.3, -0.25) is 4.79 Å². The minimum Gasteiger partial charge on any atom is -0.465 e. The van der Waals surface area contributed by atoms with E-state index >= 15 is 0 Å². The van der Waals surface area contributed by atoms with E-state index in [2.05, 4.69) is 10.1 Å². The van der Waals surface area contributed by atoms with E-state index in [1.54, 1.807) is 0 Å². The van der Waals surface area contributed by atoms with Crippen molar-refractivity contribution in [1.82, 2.24) is 0 Å². The summed E-state index contributed by atoms with van der Waals surface area (Å²) < 4.78 is 9.44. The molecule has 6 nitrogen and oxygen atoms in total. The Kier molecular flexibility index (Phi) is 5.02. The summed E-state index contributed by atoms with van der Waals surface area (Å²) in [4.78, 5) is 36.3. The molecule has 1 aliphatic carbocycles. The number of nitrogens with one attached hydrogen (secondary N) is 1. The highest BCUT2D eigenvalue weighted by Crippen LogP contribution is 2.48. The van der Waals surface area contributed by atoms with Crippen molar-refractivity contribution in [3.05, 3.63) is 65.2 Å². The Morgan fingerprint density at radius 2 is 1.65 bits per heavy atom. The van der Waals surface area contributed by atoms with Gasteiger partial charge >= 0.3 is 11.9 Å². The first kappa shape index (κ1) is 17.7. The van der Waals surface area contributed by atoms with Gasteiger partial charge in [-0.25, -0.2) is 9.59 Å². The zero-order chi connectivity index (χ0) is 18.7. The number of rotatable bonds is 5. The Morgan fingerprint density at radius 3 is 2.31 bits per heavy atom. The quantitative estimate of drug-likeness (QED) is 0.836. The van der Waals surface area contributed by atoms with E-state index in [0.717, 1.165) is 12.0 Å². The van der Waals surface area contributed by atoms with Crippen LogP contribution in [0, 0.1) is 5.92 Å². The van der Waals surface area contributed by atoms with Crippen LogP contribution >= 0.6 is 0 Å². The smallest absolute Gasteiger partial charge is 0.339 e. The molecule has 1 aliphatic rings. The van der Waals surface area contributed by atoms with Crippen LogP contribution < -0.4 is 5.32 Å². The number of ether oxygens (including phenoxy) is 2. The van der Waals surface area contributed by atoms with Crippen LogP contribution in [0.2, 0.25) is 0 Å². The molecule has 0 bridgehead atoms. The highest BCUT2D eigenvalue weighted by atomic mass is 16.5. The Labute approximate surface area is 151 Å². The van der Waals surface area contributed by atoms with Gasteiger partial charge in [0.25, 0.3) is 0 Å². The summed E-state index contributed by atoms with van der Waals surface area (Å²) in [7, 11) is 2.53. The summed E-state index contributed by atoms with van der Waals surface area (Å²) in [5.41, 5.74) is 1.78. The lowest BCUT2D eigenvalue weighted by atomic mass is 10.1. The Morgan fingerprint density at radius 1 is 0.962 bits per heavy atom. The minimum atomic E-state index is -0.591. The first-order valence-corrected chi connectivity index (χ1v) is 8.21. The molecule has 0 spiro atoms. The van der Waals surface area contributed by atoms with Crippen LogP contribution in [0.4, 0.5) is 5.69 Å². The number of hydrogen-bond acceptors (Lipinski definition) is 5. The maximum Gasteiger partial charge on any atom is 0.339 e. The van der Waals surface area contributed by atoms with Gasteiger partial charge in [-0.1, -0.05) is 30.3 Å². The monoisotopic (exact) mass is 353 g/mol. The van der Waals surface area contributed by atoms with Crippen LogP contribution in [0.25, 0.3) is 0 Å². The average molecular weight is 353 g/mol. The second-order valence-corrected chi connectivity index (χ2v) is 6.09. The Bertz CT molecular complexity index is 847. The van der Waals surface area contributed by atoms with Crippen LogP contribution in [0.1, 0.15) is 38.6 Å².